The molecule has 0 atom stereocenters. The maximum Gasteiger partial charge on any atom is 0.265 e. The first-order valence-corrected chi connectivity index (χ1v) is 10.6. The van der Waals surface area contributed by atoms with Crippen LogP contribution in [0.3, 0.4) is 0 Å². The third-order valence-electron chi connectivity index (χ3n) is 3.64. The molecule has 0 aliphatic heterocycles. The number of carbonyl (C=O) groups is 1. The molecule has 1 N–H and O–H groups in total. The Morgan fingerprint density at radius 2 is 2.00 bits per heavy atom. The van der Waals surface area contributed by atoms with Gasteiger partial charge in [0, 0.05) is 10.0 Å². The van der Waals surface area contributed by atoms with Crippen LogP contribution < -0.4 is 0 Å². The molecule has 26 heavy (non-hydrogen) atoms. The number of para-hydroxylation sites is 1. The molecule has 0 saturated heterocycles. The number of thioether (sulfide) groups is 1. The number of hydrogen-bond acceptors (Lipinski definition) is 6. The van der Waals surface area contributed by atoms with Crippen LogP contribution in [0.15, 0.2) is 57.3 Å². The van der Waals surface area contributed by atoms with E-state index in [1.165, 1.54) is 16.3 Å². The van der Waals surface area contributed by atoms with E-state index in [0.717, 1.165) is 19.0 Å². The summed E-state index contributed by atoms with van der Waals surface area (Å²) in [5.41, 5.74) is 1.53. The summed E-state index contributed by atoms with van der Waals surface area (Å²) < 4.78 is 4.72. The van der Waals surface area contributed by atoms with Crippen molar-refractivity contribution < 1.29 is 4.79 Å². The normalized spacial score (nSPS) is 11.1. The molecular weight excluding hydrogens is 452 g/mol. The number of aromatic amines is 1. The van der Waals surface area contributed by atoms with Crippen molar-refractivity contribution in [1.29, 1.82) is 0 Å². The van der Waals surface area contributed by atoms with Crippen molar-refractivity contribution in [2.24, 2.45) is 0 Å². The molecule has 0 aliphatic carbocycles. The van der Waals surface area contributed by atoms with Gasteiger partial charge in [0.25, 0.3) is 5.91 Å². The summed E-state index contributed by atoms with van der Waals surface area (Å²) in [6.45, 7) is 0. The number of nitrogens with one attached hydrogen (secondary N) is 1. The fraction of sp³-hybridized carbons (Fsp3) is 0.0588. The number of nitrogens with zero attached hydrogens (tertiary/aromatic N) is 3. The minimum absolute atomic E-state index is 0.198. The summed E-state index contributed by atoms with van der Waals surface area (Å²) in [7, 11) is 0. The molecule has 0 amide bonds. The first-order chi connectivity index (χ1) is 12.6. The predicted molar refractivity (Wildman–Crippen MR) is 110 cm³/mol. The number of halogens is 1. The van der Waals surface area contributed by atoms with Crippen molar-refractivity contribution in [2.75, 3.05) is 0 Å². The number of aromatic nitrogens is 4. The Labute approximate surface area is 170 Å². The average molecular weight is 463 g/mol. The lowest BCUT2D eigenvalue weighted by Gasteiger charge is -2.05. The first-order valence-electron chi connectivity index (χ1n) is 7.57. The van der Waals surface area contributed by atoms with Crippen molar-refractivity contribution in [3.05, 3.63) is 69.2 Å². The van der Waals surface area contributed by atoms with Gasteiger partial charge in [0.15, 0.2) is 4.34 Å². The lowest BCUT2D eigenvalue weighted by atomic mass is 10.2. The second-order valence-electron chi connectivity index (χ2n) is 5.33. The number of H-pyrrole nitrogens is 1. The van der Waals surface area contributed by atoms with Crippen LogP contribution in [-0.2, 0) is 5.75 Å². The Kier molecular flexibility index (Phi) is 5.03. The Balaban J connectivity index is 1.59. The number of rotatable bonds is 4. The van der Waals surface area contributed by atoms with E-state index >= 15 is 0 Å². The molecule has 0 spiro atoms. The minimum atomic E-state index is -0.198. The monoisotopic (exact) mass is 462 g/mol. The highest BCUT2D eigenvalue weighted by Gasteiger charge is 2.16. The molecule has 2 aromatic carbocycles. The third kappa shape index (κ3) is 3.52. The van der Waals surface area contributed by atoms with E-state index in [2.05, 4.69) is 31.1 Å². The molecule has 0 unspecified atom stereocenters. The van der Waals surface area contributed by atoms with Gasteiger partial charge >= 0.3 is 0 Å². The first kappa shape index (κ1) is 17.6. The Hall–Kier alpha value is -1.81. The summed E-state index contributed by atoms with van der Waals surface area (Å²) in [6, 6.07) is 15.2. The van der Waals surface area contributed by atoms with Crippen molar-refractivity contribution in [3.8, 4) is 0 Å². The highest BCUT2D eigenvalue weighted by atomic mass is 79.9. The molecule has 0 bridgehead atoms. The zero-order chi connectivity index (χ0) is 18.1. The summed E-state index contributed by atoms with van der Waals surface area (Å²) in [4.78, 5) is 17.4. The van der Waals surface area contributed by atoms with Crippen LogP contribution in [0.25, 0.3) is 10.2 Å². The second kappa shape index (κ2) is 7.43. The quantitative estimate of drug-likeness (QED) is 0.329. The van der Waals surface area contributed by atoms with Gasteiger partial charge < -0.3 is 0 Å². The van der Waals surface area contributed by atoms with Gasteiger partial charge in [-0.1, -0.05) is 39.8 Å². The van der Waals surface area contributed by atoms with E-state index < -0.39 is 0 Å². The summed E-state index contributed by atoms with van der Waals surface area (Å²) in [5.74, 6) is 0.873. The smallest absolute Gasteiger partial charge is 0.265 e. The maximum absolute atomic E-state index is 12.8. The van der Waals surface area contributed by atoms with Crippen LogP contribution >= 0.6 is 51.2 Å². The van der Waals surface area contributed by atoms with E-state index in [1.54, 1.807) is 23.5 Å². The number of hydrogen-bond donors (Lipinski definition) is 1. The Morgan fingerprint density at radius 1 is 1.23 bits per heavy atom. The number of fused-ring (bicyclic) bond motifs is 1. The zero-order valence-electron chi connectivity index (χ0n) is 13.2. The van der Waals surface area contributed by atoms with Gasteiger partial charge in [-0.2, -0.15) is 5.10 Å². The van der Waals surface area contributed by atoms with Gasteiger partial charge in [0.2, 0.25) is 4.77 Å². The average Bonchev–Trinajstić information content (AvgIpc) is 3.22. The standard InChI is InChI=1S/C17H11BrN4OS3/c18-11-7-5-10(6-8-11)15(23)22-14(20-21-16(22)24)9-25-17-19-12-3-1-2-4-13(12)26-17/h1-8H,9H2,(H,21,24). The van der Waals surface area contributed by atoms with Crippen molar-refractivity contribution in [2.45, 2.75) is 10.1 Å². The van der Waals surface area contributed by atoms with Crippen molar-refractivity contribution in [3.63, 3.8) is 0 Å². The Morgan fingerprint density at radius 3 is 2.77 bits per heavy atom. The van der Waals surface area contributed by atoms with Gasteiger partial charge in [0.1, 0.15) is 5.82 Å². The molecule has 2 aromatic heterocycles. The minimum Gasteiger partial charge on any atom is -0.268 e. The highest BCUT2D eigenvalue weighted by molar-refractivity contribution is 9.10. The molecular formula is C17H11BrN4OS3. The number of thiazole rings is 1. The second-order valence-corrected chi connectivity index (χ2v) is 8.88. The lowest BCUT2D eigenvalue weighted by molar-refractivity contribution is 0.0955. The van der Waals surface area contributed by atoms with E-state index in [-0.39, 0.29) is 10.7 Å². The van der Waals surface area contributed by atoms with Gasteiger partial charge in [-0.25, -0.2) is 9.55 Å². The van der Waals surface area contributed by atoms with Crippen molar-refractivity contribution in [1.82, 2.24) is 19.7 Å². The molecule has 4 rings (SSSR count). The molecule has 9 heteroatoms. The van der Waals surface area contributed by atoms with E-state index in [0.29, 0.717) is 17.1 Å². The predicted octanol–water partition coefficient (Wildman–Crippen LogP) is 5.29. The third-order valence-corrected chi connectivity index (χ3v) is 6.61. The number of carbonyl (C=O) groups excluding carboxylic acids is 1. The molecule has 0 fully saturated rings. The van der Waals surface area contributed by atoms with Gasteiger partial charge in [-0.3, -0.25) is 9.89 Å². The van der Waals surface area contributed by atoms with Crippen LogP contribution in [0.1, 0.15) is 16.2 Å². The SMILES string of the molecule is O=C(c1ccc(Br)cc1)n1c(CSc2nc3ccccc3s2)n[nH]c1=S. The van der Waals surface area contributed by atoms with E-state index in [1.807, 2.05) is 36.4 Å². The summed E-state index contributed by atoms with van der Waals surface area (Å²) in [6.07, 6.45) is 0. The zero-order valence-corrected chi connectivity index (χ0v) is 17.2. The molecule has 4 aromatic rings. The van der Waals surface area contributed by atoms with E-state index in [9.17, 15) is 4.79 Å². The molecule has 130 valence electrons. The largest absolute Gasteiger partial charge is 0.268 e. The van der Waals surface area contributed by atoms with Gasteiger partial charge in [0.05, 0.1) is 16.0 Å². The molecule has 0 radical (unpaired) electrons. The van der Waals surface area contributed by atoms with Crippen LogP contribution in [0.2, 0.25) is 0 Å². The van der Waals surface area contributed by atoms with Crippen molar-refractivity contribution >= 4 is 67.4 Å². The van der Waals surface area contributed by atoms with Crippen LogP contribution in [0.5, 0.6) is 0 Å². The number of benzene rings is 2. The topological polar surface area (TPSA) is 63.6 Å². The summed E-state index contributed by atoms with van der Waals surface area (Å²) >= 11 is 11.8. The fourth-order valence-corrected chi connectivity index (χ4v) is 4.88. The van der Waals surface area contributed by atoms with Crippen LogP contribution in [0.4, 0.5) is 0 Å². The highest BCUT2D eigenvalue weighted by Crippen LogP contribution is 2.31. The summed E-state index contributed by atoms with van der Waals surface area (Å²) in [5, 5.41) is 6.94. The van der Waals surface area contributed by atoms with E-state index in [4.69, 9.17) is 12.2 Å². The molecule has 0 aliphatic rings. The lowest BCUT2D eigenvalue weighted by Crippen LogP contribution is -2.15. The molecule has 0 saturated carbocycles. The molecule has 5 nitrogen and oxygen atoms in total. The Bertz CT molecular complexity index is 1110. The maximum atomic E-state index is 12.8. The van der Waals surface area contributed by atoms with Gasteiger partial charge in [-0.05, 0) is 48.6 Å². The van der Waals surface area contributed by atoms with Crippen LogP contribution in [-0.4, -0.2) is 25.7 Å². The fourth-order valence-electron chi connectivity index (χ4n) is 2.40. The van der Waals surface area contributed by atoms with Gasteiger partial charge in [-0.15, -0.1) is 11.3 Å². The van der Waals surface area contributed by atoms with Crippen LogP contribution in [0, 0.1) is 4.77 Å². The molecule has 2 heterocycles.